The monoisotopic (exact) mass is 234 g/mol. The van der Waals surface area contributed by atoms with Crippen molar-refractivity contribution in [3.8, 4) is 0 Å². The number of hydrogen-bond donors (Lipinski definition) is 2. The zero-order valence-corrected chi connectivity index (χ0v) is 10.0. The molecule has 2 heterocycles. The lowest BCUT2D eigenvalue weighted by Gasteiger charge is -2.19. The lowest BCUT2D eigenvalue weighted by molar-refractivity contribution is 0.133. The zero-order chi connectivity index (χ0) is 11.8. The van der Waals surface area contributed by atoms with E-state index in [1.165, 1.54) is 0 Å². The molecule has 5 nitrogen and oxygen atoms in total. The molecular formula is C12H18N4O. The molecule has 0 amide bonds. The SMILES string of the molecule is CNc1cncc(N2CC3CCC(O)C3C2)n1. The molecule has 3 atom stereocenters. The number of aliphatic hydroxyl groups excluding tert-OH is 1. The maximum absolute atomic E-state index is 9.89. The third-order valence-corrected chi connectivity index (χ3v) is 4.02. The fourth-order valence-corrected chi connectivity index (χ4v) is 3.05. The first-order valence-electron chi connectivity index (χ1n) is 6.20. The van der Waals surface area contributed by atoms with Crippen LogP contribution in [0.5, 0.6) is 0 Å². The van der Waals surface area contributed by atoms with E-state index in [1.807, 2.05) is 7.05 Å². The van der Waals surface area contributed by atoms with E-state index in [0.717, 1.165) is 37.6 Å². The summed E-state index contributed by atoms with van der Waals surface area (Å²) >= 11 is 0. The summed E-state index contributed by atoms with van der Waals surface area (Å²) in [5.41, 5.74) is 0. The van der Waals surface area contributed by atoms with E-state index in [1.54, 1.807) is 12.4 Å². The Hall–Kier alpha value is -1.36. The molecule has 1 saturated carbocycles. The second kappa shape index (κ2) is 4.14. The second-order valence-electron chi connectivity index (χ2n) is 4.99. The van der Waals surface area contributed by atoms with Crippen LogP contribution in [0.1, 0.15) is 12.8 Å². The van der Waals surface area contributed by atoms with Gasteiger partial charge in [-0.05, 0) is 18.8 Å². The van der Waals surface area contributed by atoms with Gasteiger partial charge in [0.1, 0.15) is 11.6 Å². The number of anilines is 2. The quantitative estimate of drug-likeness (QED) is 0.789. The van der Waals surface area contributed by atoms with E-state index >= 15 is 0 Å². The van der Waals surface area contributed by atoms with E-state index in [0.29, 0.717) is 11.8 Å². The average Bonchev–Trinajstić information content (AvgIpc) is 2.92. The number of hydrogen-bond acceptors (Lipinski definition) is 5. The fraction of sp³-hybridized carbons (Fsp3) is 0.667. The highest BCUT2D eigenvalue weighted by atomic mass is 16.3. The molecule has 2 fully saturated rings. The molecule has 1 aromatic rings. The number of rotatable bonds is 2. The number of nitrogens with one attached hydrogen (secondary N) is 1. The van der Waals surface area contributed by atoms with Crippen molar-refractivity contribution in [1.29, 1.82) is 0 Å². The normalized spacial score (nSPS) is 31.6. The molecule has 92 valence electrons. The minimum Gasteiger partial charge on any atom is -0.393 e. The topological polar surface area (TPSA) is 61.3 Å². The summed E-state index contributed by atoms with van der Waals surface area (Å²) in [6, 6.07) is 0. The van der Waals surface area contributed by atoms with Gasteiger partial charge in [-0.2, -0.15) is 0 Å². The van der Waals surface area contributed by atoms with Gasteiger partial charge in [-0.1, -0.05) is 0 Å². The standard InChI is InChI=1S/C12H18N4O/c1-13-11-4-14-5-12(15-11)16-6-8-2-3-10(17)9(8)7-16/h4-5,8-10,17H,2-3,6-7H2,1H3,(H,13,15). The van der Waals surface area contributed by atoms with Crippen molar-refractivity contribution in [1.82, 2.24) is 9.97 Å². The minimum absolute atomic E-state index is 0.120. The summed E-state index contributed by atoms with van der Waals surface area (Å²) in [7, 11) is 1.84. The highest BCUT2D eigenvalue weighted by Gasteiger charge is 2.42. The first-order chi connectivity index (χ1) is 8.28. The maximum Gasteiger partial charge on any atom is 0.149 e. The van der Waals surface area contributed by atoms with Crippen LogP contribution in [-0.4, -0.2) is 41.3 Å². The van der Waals surface area contributed by atoms with Gasteiger partial charge >= 0.3 is 0 Å². The first kappa shape index (κ1) is 10.8. The molecule has 0 bridgehead atoms. The molecule has 2 aliphatic rings. The van der Waals surface area contributed by atoms with Gasteiger partial charge in [-0.3, -0.25) is 4.98 Å². The van der Waals surface area contributed by atoms with Crippen molar-refractivity contribution >= 4 is 11.6 Å². The number of nitrogens with zero attached hydrogens (tertiary/aromatic N) is 3. The molecular weight excluding hydrogens is 216 g/mol. The zero-order valence-electron chi connectivity index (χ0n) is 10.0. The summed E-state index contributed by atoms with van der Waals surface area (Å²) in [5.74, 6) is 2.76. The molecule has 1 aliphatic heterocycles. The number of aliphatic hydroxyl groups is 1. The molecule has 0 spiro atoms. The molecule has 17 heavy (non-hydrogen) atoms. The van der Waals surface area contributed by atoms with Crippen molar-refractivity contribution in [3.05, 3.63) is 12.4 Å². The second-order valence-corrected chi connectivity index (χ2v) is 4.99. The van der Waals surface area contributed by atoms with Crippen LogP contribution in [-0.2, 0) is 0 Å². The summed E-state index contributed by atoms with van der Waals surface area (Å²) in [6.07, 6.45) is 5.50. The number of fused-ring (bicyclic) bond motifs is 1. The van der Waals surface area contributed by atoms with Crippen LogP contribution >= 0.6 is 0 Å². The predicted molar refractivity (Wildman–Crippen MR) is 66.0 cm³/mol. The Bertz CT molecular complexity index is 411. The molecule has 0 radical (unpaired) electrons. The van der Waals surface area contributed by atoms with Crippen molar-refractivity contribution < 1.29 is 5.11 Å². The molecule has 0 aromatic carbocycles. The van der Waals surface area contributed by atoms with Crippen LogP contribution in [0.25, 0.3) is 0 Å². The van der Waals surface area contributed by atoms with Gasteiger partial charge in [0.25, 0.3) is 0 Å². The lowest BCUT2D eigenvalue weighted by Crippen LogP contribution is -2.25. The van der Waals surface area contributed by atoms with Crippen molar-refractivity contribution in [2.24, 2.45) is 11.8 Å². The van der Waals surface area contributed by atoms with Crippen LogP contribution in [0.15, 0.2) is 12.4 Å². The van der Waals surface area contributed by atoms with Gasteiger partial charge in [0, 0.05) is 26.1 Å². The van der Waals surface area contributed by atoms with Gasteiger partial charge in [0.05, 0.1) is 18.5 Å². The van der Waals surface area contributed by atoms with Crippen LogP contribution < -0.4 is 10.2 Å². The van der Waals surface area contributed by atoms with Crippen molar-refractivity contribution in [2.45, 2.75) is 18.9 Å². The Balaban J connectivity index is 1.78. The smallest absolute Gasteiger partial charge is 0.149 e. The minimum atomic E-state index is -0.120. The van der Waals surface area contributed by atoms with Crippen molar-refractivity contribution in [3.63, 3.8) is 0 Å². The number of aromatic nitrogens is 2. The van der Waals surface area contributed by atoms with Gasteiger partial charge in [0.2, 0.25) is 0 Å². The molecule has 5 heteroatoms. The molecule has 1 aromatic heterocycles. The highest BCUT2D eigenvalue weighted by molar-refractivity contribution is 5.44. The molecule has 2 N–H and O–H groups in total. The fourth-order valence-electron chi connectivity index (χ4n) is 3.05. The Morgan fingerprint density at radius 2 is 2.24 bits per heavy atom. The summed E-state index contributed by atoms with van der Waals surface area (Å²) in [4.78, 5) is 10.9. The van der Waals surface area contributed by atoms with E-state index in [9.17, 15) is 5.11 Å². The Kier molecular flexibility index (Phi) is 2.63. The molecule has 3 rings (SSSR count). The average molecular weight is 234 g/mol. The third kappa shape index (κ3) is 1.84. The van der Waals surface area contributed by atoms with E-state index in [-0.39, 0.29) is 6.10 Å². The van der Waals surface area contributed by atoms with E-state index in [4.69, 9.17) is 0 Å². The van der Waals surface area contributed by atoms with E-state index in [2.05, 4.69) is 20.2 Å². The Morgan fingerprint density at radius 1 is 1.35 bits per heavy atom. The van der Waals surface area contributed by atoms with Crippen molar-refractivity contribution in [2.75, 3.05) is 30.4 Å². The highest BCUT2D eigenvalue weighted by Crippen LogP contribution is 2.39. The van der Waals surface area contributed by atoms with Crippen LogP contribution in [0.3, 0.4) is 0 Å². The predicted octanol–water partition coefficient (Wildman–Crippen LogP) is 0.725. The van der Waals surface area contributed by atoms with Crippen LogP contribution in [0.4, 0.5) is 11.6 Å². The van der Waals surface area contributed by atoms with Gasteiger partial charge in [-0.25, -0.2) is 4.98 Å². The molecule has 1 saturated heterocycles. The largest absolute Gasteiger partial charge is 0.393 e. The maximum atomic E-state index is 9.89. The lowest BCUT2D eigenvalue weighted by atomic mass is 10.00. The van der Waals surface area contributed by atoms with E-state index < -0.39 is 0 Å². The van der Waals surface area contributed by atoms with Gasteiger partial charge in [-0.15, -0.1) is 0 Å². The molecule has 3 unspecified atom stereocenters. The first-order valence-corrected chi connectivity index (χ1v) is 6.20. The van der Waals surface area contributed by atoms with Crippen LogP contribution in [0.2, 0.25) is 0 Å². The summed E-state index contributed by atoms with van der Waals surface area (Å²) in [5, 5.41) is 12.9. The summed E-state index contributed by atoms with van der Waals surface area (Å²) in [6.45, 7) is 1.91. The Morgan fingerprint density at radius 3 is 3.00 bits per heavy atom. The third-order valence-electron chi connectivity index (χ3n) is 4.02. The van der Waals surface area contributed by atoms with Gasteiger partial charge in [0.15, 0.2) is 0 Å². The van der Waals surface area contributed by atoms with Crippen LogP contribution in [0, 0.1) is 11.8 Å². The Labute approximate surface area is 101 Å². The molecule has 1 aliphatic carbocycles. The van der Waals surface area contributed by atoms with Gasteiger partial charge < -0.3 is 15.3 Å². The summed E-state index contributed by atoms with van der Waals surface area (Å²) < 4.78 is 0.